The average molecular weight is 222 g/mol. The monoisotopic (exact) mass is 222 g/mol. The van der Waals surface area contributed by atoms with Crippen LogP contribution in [0, 0.1) is 5.41 Å². The lowest BCUT2D eigenvalue weighted by Gasteiger charge is -2.48. The van der Waals surface area contributed by atoms with Gasteiger partial charge in [0.25, 0.3) is 0 Å². The Kier molecular flexibility index (Phi) is 3.23. The van der Waals surface area contributed by atoms with Gasteiger partial charge in [0, 0.05) is 18.4 Å². The third-order valence-electron chi connectivity index (χ3n) is 3.21. The number of ether oxygens (including phenoxy) is 1. The SMILES string of the molecule is CN(C)C(c1ccncc1)C1(CO)COC1. The van der Waals surface area contributed by atoms with Gasteiger partial charge in [-0.3, -0.25) is 4.98 Å². The van der Waals surface area contributed by atoms with Crippen LogP contribution in [0.2, 0.25) is 0 Å². The van der Waals surface area contributed by atoms with Crippen molar-refractivity contribution in [2.75, 3.05) is 33.9 Å². The van der Waals surface area contributed by atoms with Crippen LogP contribution in [-0.4, -0.2) is 48.9 Å². The minimum atomic E-state index is -0.162. The highest BCUT2D eigenvalue weighted by Gasteiger charge is 2.47. The predicted octanol–water partition coefficient (Wildman–Crippen LogP) is 0.693. The molecule has 0 saturated carbocycles. The minimum Gasteiger partial charge on any atom is -0.396 e. The summed E-state index contributed by atoms with van der Waals surface area (Å²) in [5.74, 6) is 0. The van der Waals surface area contributed by atoms with Crippen molar-refractivity contribution < 1.29 is 9.84 Å². The molecule has 1 aromatic heterocycles. The number of aliphatic hydroxyl groups is 1. The summed E-state index contributed by atoms with van der Waals surface area (Å²) in [7, 11) is 4.06. The quantitative estimate of drug-likeness (QED) is 0.814. The van der Waals surface area contributed by atoms with E-state index >= 15 is 0 Å². The van der Waals surface area contributed by atoms with Crippen LogP contribution in [0.1, 0.15) is 11.6 Å². The molecule has 1 fully saturated rings. The van der Waals surface area contributed by atoms with Gasteiger partial charge < -0.3 is 14.7 Å². The zero-order valence-corrected chi connectivity index (χ0v) is 9.76. The summed E-state index contributed by atoms with van der Waals surface area (Å²) in [5.41, 5.74) is 1.02. The van der Waals surface area contributed by atoms with Crippen LogP contribution < -0.4 is 0 Å². The topological polar surface area (TPSA) is 45.6 Å². The minimum absolute atomic E-state index is 0.151. The zero-order chi connectivity index (χ0) is 11.6. The Balaban J connectivity index is 2.31. The average Bonchev–Trinajstić information content (AvgIpc) is 2.24. The molecule has 0 radical (unpaired) electrons. The fraction of sp³-hybridized carbons (Fsp3) is 0.583. The maximum absolute atomic E-state index is 9.59. The fourth-order valence-electron chi connectivity index (χ4n) is 2.45. The van der Waals surface area contributed by atoms with Gasteiger partial charge in [0.05, 0.1) is 25.2 Å². The van der Waals surface area contributed by atoms with Gasteiger partial charge in [-0.1, -0.05) is 0 Å². The lowest BCUT2D eigenvalue weighted by Crippen LogP contribution is -2.53. The van der Waals surface area contributed by atoms with Gasteiger partial charge in [-0.25, -0.2) is 0 Å². The van der Waals surface area contributed by atoms with E-state index < -0.39 is 0 Å². The lowest BCUT2D eigenvalue weighted by molar-refractivity contribution is -0.172. The van der Waals surface area contributed by atoms with Crippen LogP contribution in [0.15, 0.2) is 24.5 Å². The molecular formula is C12H18N2O2. The molecule has 1 saturated heterocycles. The summed E-state index contributed by atoms with van der Waals surface area (Å²) in [6, 6.07) is 4.18. The molecule has 0 aliphatic carbocycles. The number of hydrogen-bond acceptors (Lipinski definition) is 4. The number of nitrogens with zero attached hydrogens (tertiary/aromatic N) is 2. The molecule has 2 rings (SSSR count). The van der Waals surface area contributed by atoms with Gasteiger partial charge in [-0.2, -0.15) is 0 Å². The summed E-state index contributed by atoms with van der Waals surface area (Å²) in [6.45, 7) is 1.39. The van der Waals surface area contributed by atoms with Crippen LogP contribution >= 0.6 is 0 Å². The number of hydrogen-bond donors (Lipinski definition) is 1. The first-order valence-electron chi connectivity index (χ1n) is 5.44. The van der Waals surface area contributed by atoms with Crippen molar-refractivity contribution in [1.82, 2.24) is 9.88 Å². The summed E-state index contributed by atoms with van der Waals surface area (Å²) in [4.78, 5) is 6.16. The van der Waals surface area contributed by atoms with Gasteiger partial charge in [0.2, 0.25) is 0 Å². The second kappa shape index (κ2) is 4.49. The summed E-state index contributed by atoms with van der Waals surface area (Å²) in [5, 5.41) is 9.59. The van der Waals surface area contributed by atoms with Crippen molar-refractivity contribution in [2.45, 2.75) is 6.04 Å². The number of rotatable bonds is 4. The van der Waals surface area contributed by atoms with E-state index in [-0.39, 0.29) is 18.1 Å². The molecule has 4 heteroatoms. The van der Waals surface area contributed by atoms with Gasteiger partial charge >= 0.3 is 0 Å². The van der Waals surface area contributed by atoms with Gasteiger partial charge in [0.1, 0.15) is 0 Å². The molecule has 1 aliphatic rings. The number of aliphatic hydroxyl groups excluding tert-OH is 1. The van der Waals surface area contributed by atoms with Crippen LogP contribution in [-0.2, 0) is 4.74 Å². The van der Waals surface area contributed by atoms with E-state index in [0.717, 1.165) is 0 Å². The Hall–Kier alpha value is -0.970. The highest BCUT2D eigenvalue weighted by Crippen LogP contribution is 2.42. The third-order valence-corrected chi connectivity index (χ3v) is 3.21. The Morgan fingerprint density at radius 2 is 2.06 bits per heavy atom. The van der Waals surface area contributed by atoms with E-state index in [1.165, 1.54) is 5.56 Å². The van der Waals surface area contributed by atoms with Crippen molar-refractivity contribution in [3.63, 3.8) is 0 Å². The van der Waals surface area contributed by atoms with E-state index in [9.17, 15) is 5.11 Å². The van der Waals surface area contributed by atoms with E-state index in [4.69, 9.17) is 4.74 Å². The second-order valence-electron chi connectivity index (χ2n) is 4.66. The molecule has 0 aromatic carbocycles. The normalized spacial score (nSPS) is 20.5. The Morgan fingerprint density at radius 1 is 1.44 bits per heavy atom. The standard InChI is InChI=1S/C12H18N2O2/c1-14(2)11(10-3-5-13-6-4-10)12(7-15)8-16-9-12/h3-6,11,15H,7-9H2,1-2H3. The van der Waals surface area contributed by atoms with E-state index in [0.29, 0.717) is 13.2 Å². The number of aromatic nitrogens is 1. The maximum Gasteiger partial charge on any atom is 0.0598 e. The first-order valence-corrected chi connectivity index (χ1v) is 5.44. The molecule has 2 heterocycles. The van der Waals surface area contributed by atoms with E-state index in [1.807, 2.05) is 26.2 Å². The molecule has 1 aromatic rings. The largest absolute Gasteiger partial charge is 0.396 e. The van der Waals surface area contributed by atoms with Crippen molar-refractivity contribution in [2.24, 2.45) is 5.41 Å². The zero-order valence-electron chi connectivity index (χ0n) is 9.76. The molecule has 16 heavy (non-hydrogen) atoms. The first kappa shape index (κ1) is 11.5. The molecule has 4 nitrogen and oxygen atoms in total. The number of pyridine rings is 1. The van der Waals surface area contributed by atoms with Crippen molar-refractivity contribution in [1.29, 1.82) is 0 Å². The predicted molar refractivity (Wildman–Crippen MR) is 61.0 cm³/mol. The third kappa shape index (κ3) is 1.84. The summed E-state index contributed by atoms with van der Waals surface area (Å²) >= 11 is 0. The highest BCUT2D eigenvalue weighted by atomic mass is 16.5. The summed E-state index contributed by atoms with van der Waals surface area (Å²) < 4.78 is 5.28. The molecule has 1 unspecified atom stereocenters. The highest BCUT2D eigenvalue weighted by molar-refractivity contribution is 5.20. The Labute approximate surface area is 95.9 Å². The van der Waals surface area contributed by atoms with E-state index in [1.54, 1.807) is 12.4 Å². The van der Waals surface area contributed by atoms with Crippen molar-refractivity contribution in [3.05, 3.63) is 30.1 Å². The van der Waals surface area contributed by atoms with Gasteiger partial charge in [-0.05, 0) is 31.8 Å². The van der Waals surface area contributed by atoms with Crippen LogP contribution in [0.25, 0.3) is 0 Å². The first-order chi connectivity index (χ1) is 7.69. The van der Waals surface area contributed by atoms with Crippen molar-refractivity contribution in [3.8, 4) is 0 Å². The Bertz CT molecular complexity index is 331. The molecule has 0 bridgehead atoms. The molecule has 0 spiro atoms. The molecule has 1 aliphatic heterocycles. The maximum atomic E-state index is 9.59. The van der Waals surface area contributed by atoms with Gasteiger partial charge in [0.15, 0.2) is 0 Å². The Morgan fingerprint density at radius 3 is 2.44 bits per heavy atom. The second-order valence-corrected chi connectivity index (χ2v) is 4.66. The molecule has 1 N–H and O–H groups in total. The van der Waals surface area contributed by atoms with Crippen molar-refractivity contribution >= 4 is 0 Å². The molecule has 0 amide bonds. The molecular weight excluding hydrogens is 204 g/mol. The van der Waals surface area contributed by atoms with Crippen LogP contribution in [0.5, 0.6) is 0 Å². The van der Waals surface area contributed by atoms with Crippen LogP contribution in [0.3, 0.4) is 0 Å². The lowest BCUT2D eigenvalue weighted by atomic mass is 9.75. The van der Waals surface area contributed by atoms with E-state index in [2.05, 4.69) is 9.88 Å². The van der Waals surface area contributed by atoms with Crippen LogP contribution in [0.4, 0.5) is 0 Å². The molecule has 88 valence electrons. The fourth-order valence-corrected chi connectivity index (χ4v) is 2.45. The van der Waals surface area contributed by atoms with Gasteiger partial charge in [-0.15, -0.1) is 0 Å². The molecule has 1 atom stereocenters. The summed E-state index contributed by atoms with van der Waals surface area (Å²) in [6.07, 6.45) is 3.58. The smallest absolute Gasteiger partial charge is 0.0598 e.